The Labute approximate surface area is 116 Å². The van der Waals surface area contributed by atoms with Crippen molar-refractivity contribution >= 4 is 17.7 Å². The molecule has 1 aromatic rings. The van der Waals surface area contributed by atoms with Crippen LogP contribution in [-0.2, 0) is 20.7 Å². The Hall–Kier alpha value is -2.62. The van der Waals surface area contributed by atoms with Crippen LogP contribution in [-0.4, -0.2) is 29.5 Å². The van der Waals surface area contributed by atoms with Crippen LogP contribution < -0.4 is 11.1 Å². The largest absolute Gasteiger partial charge is 0.455 e. The van der Waals surface area contributed by atoms with Crippen molar-refractivity contribution in [1.82, 2.24) is 10.3 Å². The van der Waals surface area contributed by atoms with Crippen LogP contribution in [0.25, 0.3) is 0 Å². The molecule has 1 amide bonds. The molecule has 20 heavy (non-hydrogen) atoms. The highest BCUT2D eigenvalue weighted by atomic mass is 16.5. The molecule has 0 aliphatic rings. The SMILES string of the molecule is CC(C)NC(=O)COC(=O)Cc1cnc(N)c(C#N)c1. The van der Waals surface area contributed by atoms with Gasteiger partial charge in [0.2, 0.25) is 0 Å². The first-order chi connectivity index (χ1) is 9.42. The zero-order valence-electron chi connectivity index (χ0n) is 11.3. The van der Waals surface area contributed by atoms with Crippen LogP contribution in [0.3, 0.4) is 0 Å². The number of esters is 1. The van der Waals surface area contributed by atoms with Crippen molar-refractivity contribution in [2.75, 3.05) is 12.3 Å². The Morgan fingerprint density at radius 1 is 1.55 bits per heavy atom. The Kier molecular flexibility index (Phi) is 5.47. The van der Waals surface area contributed by atoms with Gasteiger partial charge in [-0.3, -0.25) is 9.59 Å². The number of hydrogen-bond acceptors (Lipinski definition) is 6. The van der Waals surface area contributed by atoms with Gasteiger partial charge >= 0.3 is 5.97 Å². The van der Waals surface area contributed by atoms with Gasteiger partial charge in [0, 0.05) is 12.2 Å². The third-order valence-corrected chi connectivity index (χ3v) is 2.26. The second-order valence-electron chi connectivity index (χ2n) is 4.45. The van der Waals surface area contributed by atoms with Crippen molar-refractivity contribution < 1.29 is 14.3 Å². The molecular weight excluding hydrogens is 260 g/mol. The predicted octanol–water partition coefficient (Wildman–Crippen LogP) is 0.146. The molecule has 0 atom stereocenters. The minimum atomic E-state index is -0.570. The molecule has 0 aliphatic carbocycles. The summed E-state index contributed by atoms with van der Waals surface area (Å²) in [6.07, 6.45) is 1.32. The molecule has 0 saturated carbocycles. The summed E-state index contributed by atoms with van der Waals surface area (Å²) in [6.45, 7) is 3.29. The van der Waals surface area contributed by atoms with Gasteiger partial charge in [0.1, 0.15) is 11.9 Å². The maximum absolute atomic E-state index is 11.5. The van der Waals surface area contributed by atoms with Gasteiger partial charge in [-0.15, -0.1) is 0 Å². The van der Waals surface area contributed by atoms with Crippen molar-refractivity contribution in [3.8, 4) is 6.07 Å². The van der Waals surface area contributed by atoms with Crippen LogP contribution in [0.15, 0.2) is 12.3 Å². The average molecular weight is 276 g/mol. The van der Waals surface area contributed by atoms with Crippen LogP contribution in [0.1, 0.15) is 25.0 Å². The van der Waals surface area contributed by atoms with E-state index in [4.69, 9.17) is 15.7 Å². The third-order valence-electron chi connectivity index (χ3n) is 2.26. The second-order valence-corrected chi connectivity index (χ2v) is 4.45. The number of carbonyl (C=O) groups excluding carboxylic acids is 2. The highest BCUT2D eigenvalue weighted by Crippen LogP contribution is 2.10. The maximum atomic E-state index is 11.5. The highest BCUT2D eigenvalue weighted by Gasteiger charge is 2.11. The van der Waals surface area contributed by atoms with E-state index in [1.165, 1.54) is 12.3 Å². The molecule has 0 radical (unpaired) electrons. The minimum absolute atomic E-state index is 0.0133. The molecular formula is C13H16N4O3. The summed E-state index contributed by atoms with van der Waals surface area (Å²) in [7, 11) is 0. The maximum Gasteiger partial charge on any atom is 0.310 e. The van der Waals surface area contributed by atoms with Crippen LogP contribution >= 0.6 is 0 Å². The van der Waals surface area contributed by atoms with E-state index in [2.05, 4.69) is 10.3 Å². The number of anilines is 1. The first kappa shape index (κ1) is 15.4. The average Bonchev–Trinajstić information content (AvgIpc) is 2.38. The highest BCUT2D eigenvalue weighted by molar-refractivity contribution is 5.81. The van der Waals surface area contributed by atoms with Crippen molar-refractivity contribution in [2.24, 2.45) is 0 Å². The number of nitriles is 1. The van der Waals surface area contributed by atoms with Crippen molar-refractivity contribution in [2.45, 2.75) is 26.3 Å². The number of nitrogens with zero attached hydrogens (tertiary/aromatic N) is 2. The number of hydrogen-bond donors (Lipinski definition) is 2. The monoisotopic (exact) mass is 276 g/mol. The predicted molar refractivity (Wildman–Crippen MR) is 71.3 cm³/mol. The number of carbonyl (C=O) groups is 2. The molecule has 106 valence electrons. The smallest absolute Gasteiger partial charge is 0.310 e. The number of nitrogens with one attached hydrogen (secondary N) is 1. The second kappa shape index (κ2) is 7.09. The fraction of sp³-hybridized carbons (Fsp3) is 0.385. The number of rotatable bonds is 5. The number of aromatic nitrogens is 1. The molecule has 0 fully saturated rings. The molecule has 3 N–H and O–H groups in total. The molecule has 0 aromatic carbocycles. The number of nitrogen functional groups attached to an aromatic ring is 1. The lowest BCUT2D eigenvalue weighted by Gasteiger charge is -2.09. The normalized spacial score (nSPS) is 9.90. The first-order valence-electron chi connectivity index (χ1n) is 6.02. The first-order valence-corrected chi connectivity index (χ1v) is 6.02. The van der Waals surface area contributed by atoms with E-state index in [9.17, 15) is 9.59 Å². The van der Waals surface area contributed by atoms with Crippen molar-refractivity contribution in [3.05, 3.63) is 23.4 Å². The Morgan fingerprint density at radius 2 is 2.25 bits per heavy atom. The fourth-order valence-electron chi connectivity index (χ4n) is 1.43. The minimum Gasteiger partial charge on any atom is -0.455 e. The summed E-state index contributed by atoms with van der Waals surface area (Å²) in [6, 6.07) is 3.33. The molecule has 0 unspecified atom stereocenters. The number of ether oxygens (including phenoxy) is 1. The van der Waals surface area contributed by atoms with Gasteiger partial charge in [-0.1, -0.05) is 0 Å². The van der Waals surface area contributed by atoms with E-state index in [0.29, 0.717) is 5.56 Å². The lowest BCUT2D eigenvalue weighted by atomic mass is 10.1. The summed E-state index contributed by atoms with van der Waals surface area (Å²) in [4.78, 5) is 26.6. The van der Waals surface area contributed by atoms with Crippen LogP contribution in [0, 0.1) is 11.3 Å². The molecule has 1 rings (SSSR count). The molecule has 0 bridgehead atoms. The summed E-state index contributed by atoms with van der Waals surface area (Å²) in [5.41, 5.74) is 6.18. The van der Waals surface area contributed by atoms with Crippen LogP contribution in [0.5, 0.6) is 0 Å². The zero-order valence-corrected chi connectivity index (χ0v) is 11.3. The molecule has 7 nitrogen and oxygen atoms in total. The Morgan fingerprint density at radius 3 is 2.85 bits per heavy atom. The van der Waals surface area contributed by atoms with E-state index < -0.39 is 5.97 Å². The van der Waals surface area contributed by atoms with Crippen molar-refractivity contribution in [1.29, 1.82) is 5.26 Å². The molecule has 0 spiro atoms. The van der Waals surface area contributed by atoms with Gasteiger partial charge in [-0.25, -0.2) is 4.98 Å². The van der Waals surface area contributed by atoms with Gasteiger partial charge in [0.15, 0.2) is 6.61 Å². The van der Waals surface area contributed by atoms with Gasteiger partial charge in [0.25, 0.3) is 5.91 Å². The summed E-state index contributed by atoms with van der Waals surface area (Å²) in [5, 5.41) is 11.4. The van der Waals surface area contributed by atoms with E-state index in [1.807, 2.05) is 19.9 Å². The van der Waals surface area contributed by atoms with Gasteiger partial charge < -0.3 is 15.8 Å². The molecule has 7 heteroatoms. The van der Waals surface area contributed by atoms with Crippen LogP contribution in [0.2, 0.25) is 0 Å². The summed E-state index contributed by atoms with van der Waals surface area (Å²) >= 11 is 0. The Bertz CT molecular complexity index is 549. The molecule has 1 heterocycles. The molecule has 0 aliphatic heterocycles. The van der Waals surface area contributed by atoms with Gasteiger partial charge in [0.05, 0.1) is 12.0 Å². The van der Waals surface area contributed by atoms with E-state index in [-0.39, 0.29) is 36.4 Å². The van der Waals surface area contributed by atoms with Gasteiger partial charge in [-0.05, 0) is 25.5 Å². The van der Waals surface area contributed by atoms with Crippen molar-refractivity contribution in [3.63, 3.8) is 0 Å². The fourth-order valence-corrected chi connectivity index (χ4v) is 1.43. The summed E-state index contributed by atoms with van der Waals surface area (Å²) in [5.74, 6) is -0.818. The summed E-state index contributed by atoms with van der Waals surface area (Å²) < 4.78 is 4.82. The quantitative estimate of drug-likeness (QED) is 0.739. The molecule has 0 saturated heterocycles. The number of amides is 1. The standard InChI is InChI=1S/C13H16N4O3/c1-8(2)17-11(18)7-20-12(19)4-9-3-10(5-14)13(15)16-6-9/h3,6,8H,4,7H2,1-2H3,(H2,15,16)(H,17,18). The van der Waals surface area contributed by atoms with E-state index in [1.54, 1.807) is 0 Å². The Balaban J connectivity index is 2.51. The number of pyridine rings is 1. The van der Waals surface area contributed by atoms with E-state index >= 15 is 0 Å². The lowest BCUT2D eigenvalue weighted by Crippen LogP contribution is -2.34. The number of nitrogens with two attached hydrogens (primary N) is 1. The van der Waals surface area contributed by atoms with Gasteiger partial charge in [-0.2, -0.15) is 5.26 Å². The third kappa shape index (κ3) is 4.94. The lowest BCUT2D eigenvalue weighted by molar-refractivity contribution is -0.148. The topological polar surface area (TPSA) is 118 Å². The van der Waals surface area contributed by atoms with E-state index in [0.717, 1.165) is 0 Å². The zero-order chi connectivity index (χ0) is 15.1. The molecule has 1 aromatic heterocycles. The van der Waals surface area contributed by atoms with Crippen LogP contribution in [0.4, 0.5) is 5.82 Å².